The van der Waals surface area contributed by atoms with Gasteiger partial charge in [-0.2, -0.15) is 5.10 Å². The molecule has 0 saturated heterocycles. The van der Waals surface area contributed by atoms with Gasteiger partial charge in [-0.05, 0) is 32.3 Å². The van der Waals surface area contributed by atoms with E-state index >= 15 is 0 Å². The molecule has 0 radical (unpaired) electrons. The molecule has 3 N–H and O–H groups in total. The van der Waals surface area contributed by atoms with Gasteiger partial charge in [-0.25, -0.2) is 0 Å². The Labute approximate surface area is 149 Å². The Morgan fingerprint density at radius 2 is 2.27 bits per heavy atom. The SMILES string of the molecule is CCNC(=NCC1CCCC1O)NCCCn1cccn1.I. The lowest BCUT2D eigenvalue weighted by Crippen LogP contribution is -2.38. The van der Waals surface area contributed by atoms with Crippen LogP contribution < -0.4 is 10.6 Å². The van der Waals surface area contributed by atoms with Crippen molar-refractivity contribution >= 4 is 29.9 Å². The van der Waals surface area contributed by atoms with Crippen molar-refractivity contribution in [1.82, 2.24) is 20.4 Å². The molecule has 1 aliphatic carbocycles. The van der Waals surface area contributed by atoms with Crippen LogP contribution in [0.25, 0.3) is 0 Å². The molecule has 1 saturated carbocycles. The number of aliphatic imine (C=N–C) groups is 1. The fraction of sp³-hybridized carbons (Fsp3) is 0.733. The maximum atomic E-state index is 9.83. The van der Waals surface area contributed by atoms with Gasteiger partial charge in [0.2, 0.25) is 0 Å². The number of rotatable bonds is 7. The number of aliphatic hydroxyl groups is 1. The number of nitrogens with zero attached hydrogens (tertiary/aromatic N) is 3. The number of hydrogen-bond acceptors (Lipinski definition) is 3. The maximum Gasteiger partial charge on any atom is 0.191 e. The lowest BCUT2D eigenvalue weighted by atomic mass is 10.1. The zero-order chi connectivity index (χ0) is 14.9. The molecule has 1 aromatic rings. The van der Waals surface area contributed by atoms with Gasteiger partial charge in [0.25, 0.3) is 0 Å². The fourth-order valence-electron chi connectivity index (χ4n) is 2.66. The second-order valence-electron chi connectivity index (χ2n) is 5.53. The van der Waals surface area contributed by atoms with E-state index in [0.29, 0.717) is 12.5 Å². The van der Waals surface area contributed by atoms with Crippen LogP contribution in [0.1, 0.15) is 32.6 Å². The minimum absolute atomic E-state index is 0. The third-order valence-corrected chi connectivity index (χ3v) is 3.86. The second-order valence-corrected chi connectivity index (χ2v) is 5.53. The number of halogens is 1. The van der Waals surface area contributed by atoms with Gasteiger partial charge in [0.05, 0.1) is 6.10 Å². The molecule has 2 unspecified atom stereocenters. The van der Waals surface area contributed by atoms with Gasteiger partial charge in [-0.15, -0.1) is 24.0 Å². The molecule has 6 nitrogen and oxygen atoms in total. The van der Waals surface area contributed by atoms with Crippen LogP contribution in [0.3, 0.4) is 0 Å². The van der Waals surface area contributed by atoms with Gasteiger partial charge in [0.15, 0.2) is 5.96 Å². The molecular formula is C15H28IN5O. The molecule has 0 spiro atoms. The molecule has 1 aliphatic rings. The summed E-state index contributed by atoms with van der Waals surface area (Å²) < 4.78 is 1.93. The summed E-state index contributed by atoms with van der Waals surface area (Å²) in [5.41, 5.74) is 0. The van der Waals surface area contributed by atoms with Crippen LogP contribution in [-0.4, -0.2) is 46.6 Å². The summed E-state index contributed by atoms with van der Waals surface area (Å²) in [5.74, 6) is 1.17. The normalized spacial score (nSPS) is 21.5. The van der Waals surface area contributed by atoms with E-state index < -0.39 is 0 Å². The van der Waals surface area contributed by atoms with Crippen molar-refractivity contribution in [3.8, 4) is 0 Å². The summed E-state index contributed by atoms with van der Waals surface area (Å²) in [7, 11) is 0. The average Bonchev–Trinajstić information content (AvgIpc) is 3.12. The first-order chi connectivity index (χ1) is 10.3. The minimum Gasteiger partial charge on any atom is -0.393 e. The number of nitrogens with one attached hydrogen (secondary N) is 2. The van der Waals surface area contributed by atoms with Gasteiger partial charge >= 0.3 is 0 Å². The van der Waals surface area contributed by atoms with Gasteiger partial charge in [0, 0.05) is 44.5 Å². The van der Waals surface area contributed by atoms with Crippen molar-refractivity contribution in [1.29, 1.82) is 0 Å². The van der Waals surface area contributed by atoms with E-state index in [2.05, 4.69) is 27.6 Å². The van der Waals surface area contributed by atoms with Gasteiger partial charge < -0.3 is 15.7 Å². The molecule has 2 rings (SSSR count). The zero-order valence-electron chi connectivity index (χ0n) is 13.2. The van der Waals surface area contributed by atoms with Crippen molar-refractivity contribution in [2.75, 3.05) is 19.6 Å². The zero-order valence-corrected chi connectivity index (χ0v) is 15.6. The predicted molar refractivity (Wildman–Crippen MR) is 99.6 cm³/mol. The van der Waals surface area contributed by atoms with E-state index in [1.165, 1.54) is 0 Å². The number of aliphatic hydroxyl groups excluding tert-OH is 1. The highest BCUT2D eigenvalue weighted by Crippen LogP contribution is 2.25. The molecule has 1 aromatic heterocycles. The Kier molecular flexibility index (Phi) is 9.45. The van der Waals surface area contributed by atoms with Crippen molar-refractivity contribution < 1.29 is 5.11 Å². The van der Waals surface area contributed by atoms with Crippen molar-refractivity contribution in [3.63, 3.8) is 0 Å². The average molecular weight is 421 g/mol. The molecule has 0 aliphatic heterocycles. The van der Waals surface area contributed by atoms with Crippen LogP contribution in [0.5, 0.6) is 0 Å². The van der Waals surface area contributed by atoms with E-state index in [1.807, 2.05) is 16.9 Å². The lowest BCUT2D eigenvalue weighted by molar-refractivity contribution is 0.136. The predicted octanol–water partition coefficient (Wildman–Crippen LogP) is 1.61. The van der Waals surface area contributed by atoms with Crippen LogP contribution in [0.2, 0.25) is 0 Å². The van der Waals surface area contributed by atoms with Gasteiger partial charge in [-0.3, -0.25) is 9.67 Å². The smallest absolute Gasteiger partial charge is 0.191 e. The summed E-state index contributed by atoms with van der Waals surface area (Å²) in [6.45, 7) is 5.37. The molecule has 126 valence electrons. The summed E-state index contributed by atoms with van der Waals surface area (Å²) >= 11 is 0. The molecule has 0 aromatic carbocycles. The second kappa shape index (κ2) is 10.8. The highest BCUT2D eigenvalue weighted by Gasteiger charge is 2.24. The van der Waals surface area contributed by atoms with Crippen LogP contribution in [0.4, 0.5) is 0 Å². The Morgan fingerprint density at radius 3 is 2.91 bits per heavy atom. The summed E-state index contributed by atoms with van der Waals surface area (Å²) in [6.07, 6.45) is 7.73. The van der Waals surface area contributed by atoms with E-state index in [-0.39, 0.29) is 30.1 Å². The largest absolute Gasteiger partial charge is 0.393 e. The first kappa shape index (κ1) is 19.2. The standard InChI is InChI=1S/C15H27N5O.HI/c1-2-16-15(18-12-13-6-3-7-14(13)21)17-8-4-10-20-11-5-9-19-20;/h5,9,11,13-14,21H,2-4,6-8,10,12H2,1H3,(H2,16,17,18);1H. The number of aryl methyl sites for hydroxylation is 1. The molecule has 1 heterocycles. The first-order valence-corrected chi connectivity index (χ1v) is 7.97. The monoisotopic (exact) mass is 421 g/mol. The quantitative estimate of drug-likeness (QED) is 0.271. The minimum atomic E-state index is -0.170. The number of aromatic nitrogens is 2. The number of guanidine groups is 1. The topological polar surface area (TPSA) is 74.5 Å². The molecule has 2 atom stereocenters. The van der Waals surface area contributed by atoms with E-state index in [9.17, 15) is 5.11 Å². The van der Waals surface area contributed by atoms with Crippen molar-refractivity contribution in [3.05, 3.63) is 18.5 Å². The maximum absolute atomic E-state index is 9.83. The van der Waals surface area contributed by atoms with Gasteiger partial charge in [-0.1, -0.05) is 6.42 Å². The molecular weight excluding hydrogens is 393 g/mol. The van der Waals surface area contributed by atoms with Crippen LogP contribution >= 0.6 is 24.0 Å². The molecule has 0 amide bonds. The lowest BCUT2D eigenvalue weighted by Gasteiger charge is -2.15. The van der Waals surface area contributed by atoms with Crippen molar-refractivity contribution in [2.24, 2.45) is 10.9 Å². The van der Waals surface area contributed by atoms with E-state index in [1.54, 1.807) is 6.20 Å². The summed E-state index contributed by atoms with van der Waals surface area (Å²) in [5, 5.41) is 20.6. The Balaban J connectivity index is 0.00000242. The molecule has 0 bridgehead atoms. The highest BCUT2D eigenvalue weighted by molar-refractivity contribution is 14.0. The third-order valence-electron chi connectivity index (χ3n) is 3.86. The molecule has 1 fully saturated rings. The Hall–Kier alpha value is -0.830. The third kappa shape index (κ3) is 6.51. The van der Waals surface area contributed by atoms with E-state index in [0.717, 1.165) is 51.3 Å². The Bertz CT molecular complexity index is 424. The van der Waals surface area contributed by atoms with Crippen LogP contribution in [0, 0.1) is 5.92 Å². The fourth-order valence-corrected chi connectivity index (χ4v) is 2.66. The van der Waals surface area contributed by atoms with Crippen LogP contribution in [0.15, 0.2) is 23.5 Å². The molecule has 7 heteroatoms. The van der Waals surface area contributed by atoms with Gasteiger partial charge in [0.1, 0.15) is 0 Å². The van der Waals surface area contributed by atoms with Crippen LogP contribution in [-0.2, 0) is 6.54 Å². The summed E-state index contributed by atoms with van der Waals surface area (Å²) in [4.78, 5) is 4.59. The Morgan fingerprint density at radius 1 is 1.41 bits per heavy atom. The number of hydrogen-bond donors (Lipinski definition) is 3. The van der Waals surface area contributed by atoms with E-state index in [4.69, 9.17) is 0 Å². The summed E-state index contributed by atoms with van der Waals surface area (Å²) in [6, 6.07) is 1.94. The van der Waals surface area contributed by atoms with Crippen molar-refractivity contribution in [2.45, 2.75) is 45.3 Å². The highest BCUT2D eigenvalue weighted by atomic mass is 127. The first-order valence-electron chi connectivity index (χ1n) is 7.97. The molecule has 22 heavy (non-hydrogen) atoms.